The van der Waals surface area contributed by atoms with E-state index in [2.05, 4.69) is 11.3 Å². The molecule has 0 spiro atoms. The number of benzene rings is 1. The summed E-state index contributed by atoms with van der Waals surface area (Å²) >= 11 is 6.43. The van der Waals surface area contributed by atoms with Crippen LogP contribution in [0, 0.1) is 19.7 Å². The minimum atomic E-state index is -0.399. The third-order valence-electron chi connectivity index (χ3n) is 6.71. The van der Waals surface area contributed by atoms with E-state index in [0.29, 0.717) is 40.9 Å². The van der Waals surface area contributed by atoms with Crippen molar-refractivity contribution in [1.82, 2.24) is 29.7 Å². The highest BCUT2D eigenvalue weighted by atomic mass is 35.5. The second-order valence-corrected chi connectivity index (χ2v) is 9.59. The van der Waals surface area contributed by atoms with E-state index in [-0.39, 0.29) is 17.0 Å². The van der Waals surface area contributed by atoms with Crippen LogP contribution in [0.4, 0.5) is 4.39 Å². The predicted octanol–water partition coefficient (Wildman–Crippen LogP) is 5.66. The first-order valence-electron chi connectivity index (χ1n) is 11.6. The summed E-state index contributed by atoms with van der Waals surface area (Å²) in [6, 6.07) is 4.84. The van der Waals surface area contributed by atoms with Gasteiger partial charge < -0.3 is 4.74 Å². The molecule has 0 amide bonds. The molecule has 0 N–H and O–H groups in total. The Kier molecular flexibility index (Phi) is 5.30. The third-order valence-corrected chi connectivity index (χ3v) is 7.02. The lowest BCUT2D eigenvalue weighted by molar-refractivity contribution is 0.00396. The zero-order valence-corrected chi connectivity index (χ0v) is 19.8. The van der Waals surface area contributed by atoms with Gasteiger partial charge in [0.15, 0.2) is 5.65 Å². The molecule has 2 atom stereocenters. The maximum atomic E-state index is 13.8. The molecule has 0 bridgehead atoms. The van der Waals surface area contributed by atoms with Crippen molar-refractivity contribution < 1.29 is 9.13 Å². The lowest BCUT2D eigenvalue weighted by atomic mass is 9.92. The van der Waals surface area contributed by atoms with E-state index in [1.807, 2.05) is 24.7 Å². The zero-order chi connectivity index (χ0) is 23.4. The van der Waals surface area contributed by atoms with Crippen molar-refractivity contribution in [2.75, 3.05) is 6.61 Å². The van der Waals surface area contributed by atoms with Crippen LogP contribution in [0.2, 0.25) is 5.02 Å². The van der Waals surface area contributed by atoms with Gasteiger partial charge in [0.25, 0.3) is 0 Å². The van der Waals surface area contributed by atoms with Crippen LogP contribution in [0.25, 0.3) is 22.4 Å². The van der Waals surface area contributed by atoms with Gasteiger partial charge in [-0.15, -0.1) is 0 Å². The van der Waals surface area contributed by atoms with Crippen LogP contribution in [0.1, 0.15) is 66.5 Å². The van der Waals surface area contributed by atoms with Gasteiger partial charge in [-0.1, -0.05) is 11.6 Å². The summed E-state index contributed by atoms with van der Waals surface area (Å²) in [4.78, 5) is 19.2. The van der Waals surface area contributed by atoms with Crippen molar-refractivity contribution in [2.24, 2.45) is 0 Å². The predicted molar refractivity (Wildman–Crippen MR) is 126 cm³/mol. The lowest BCUT2D eigenvalue weighted by Crippen LogP contribution is -2.20. The molecule has 174 valence electrons. The van der Waals surface area contributed by atoms with Gasteiger partial charge in [0.1, 0.15) is 22.9 Å². The Labute approximate surface area is 201 Å². The zero-order valence-electron chi connectivity index (χ0n) is 19.0. The molecule has 1 saturated heterocycles. The van der Waals surface area contributed by atoms with E-state index >= 15 is 0 Å². The molecule has 0 unspecified atom stereocenters. The number of hydrogen-bond acceptors (Lipinski definition) is 6. The lowest BCUT2D eigenvalue weighted by Gasteiger charge is -2.28. The van der Waals surface area contributed by atoms with Gasteiger partial charge in [-0.2, -0.15) is 5.10 Å². The number of nitrogens with zero attached hydrogens (tertiary/aromatic N) is 6. The summed E-state index contributed by atoms with van der Waals surface area (Å²) in [7, 11) is 0. The van der Waals surface area contributed by atoms with Crippen LogP contribution in [-0.4, -0.2) is 36.3 Å². The highest BCUT2D eigenvalue weighted by molar-refractivity contribution is 6.33. The second-order valence-electron chi connectivity index (χ2n) is 9.19. The molecule has 7 nitrogen and oxygen atoms in total. The summed E-state index contributed by atoms with van der Waals surface area (Å²) in [5.41, 5.74) is 4.97. The van der Waals surface area contributed by atoms with Crippen LogP contribution in [0.3, 0.4) is 0 Å². The Morgan fingerprint density at radius 3 is 2.68 bits per heavy atom. The van der Waals surface area contributed by atoms with E-state index in [1.54, 1.807) is 6.07 Å². The van der Waals surface area contributed by atoms with E-state index in [0.717, 1.165) is 29.8 Å². The van der Waals surface area contributed by atoms with Gasteiger partial charge in [-0.05, 0) is 57.7 Å². The Morgan fingerprint density at radius 1 is 1.06 bits per heavy atom. The van der Waals surface area contributed by atoms with Crippen molar-refractivity contribution in [3.8, 4) is 11.3 Å². The fourth-order valence-electron chi connectivity index (χ4n) is 4.50. The van der Waals surface area contributed by atoms with Crippen LogP contribution in [0.5, 0.6) is 0 Å². The van der Waals surface area contributed by atoms with Gasteiger partial charge in [-0.3, -0.25) is 4.68 Å². The summed E-state index contributed by atoms with van der Waals surface area (Å²) in [5.74, 6) is 0.363. The summed E-state index contributed by atoms with van der Waals surface area (Å²) < 4.78 is 21.9. The molecule has 2 fully saturated rings. The number of halogens is 2. The molecule has 9 heteroatoms. The van der Waals surface area contributed by atoms with Crippen LogP contribution in [0.15, 0.2) is 30.6 Å². The summed E-state index contributed by atoms with van der Waals surface area (Å²) in [6.45, 7) is 4.42. The van der Waals surface area contributed by atoms with Gasteiger partial charge in [0, 0.05) is 29.8 Å². The van der Waals surface area contributed by atoms with Gasteiger partial charge >= 0.3 is 0 Å². The average molecular weight is 479 g/mol. The first-order chi connectivity index (χ1) is 16.5. The molecule has 1 aromatic carbocycles. The van der Waals surface area contributed by atoms with Crippen molar-refractivity contribution in [1.29, 1.82) is 0 Å². The first kappa shape index (κ1) is 21.6. The molecule has 1 aliphatic heterocycles. The van der Waals surface area contributed by atoms with Gasteiger partial charge in [0.05, 0.1) is 34.8 Å². The van der Waals surface area contributed by atoms with Crippen molar-refractivity contribution >= 4 is 22.8 Å². The van der Waals surface area contributed by atoms with Crippen molar-refractivity contribution in [3.63, 3.8) is 0 Å². The molecule has 1 aliphatic carbocycles. The van der Waals surface area contributed by atoms with Gasteiger partial charge in [0.2, 0.25) is 0 Å². The molecule has 6 rings (SSSR count). The minimum Gasteiger partial charge on any atom is -0.373 e. The number of ether oxygens (including phenoxy) is 1. The van der Waals surface area contributed by atoms with Crippen LogP contribution >= 0.6 is 11.6 Å². The Morgan fingerprint density at radius 2 is 1.88 bits per heavy atom. The average Bonchev–Trinajstić information content (AvgIpc) is 3.56. The van der Waals surface area contributed by atoms with E-state index in [9.17, 15) is 4.39 Å². The van der Waals surface area contributed by atoms with Crippen LogP contribution in [-0.2, 0) is 4.74 Å². The molecule has 4 aromatic rings. The molecule has 3 aromatic heterocycles. The highest BCUT2D eigenvalue weighted by Crippen LogP contribution is 2.40. The Bertz CT molecular complexity index is 1400. The topological polar surface area (TPSA) is 78.6 Å². The largest absolute Gasteiger partial charge is 0.373 e. The number of rotatable bonds is 4. The maximum Gasteiger partial charge on any atom is 0.182 e. The van der Waals surface area contributed by atoms with Crippen molar-refractivity contribution in [3.05, 3.63) is 64.2 Å². The number of hydrogen-bond donors (Lipinski definition) is 0. The monoisotopic (exact) mass is 478 g/mol. The number of fused-ring (bicyclic) bond motifs is 1. The highest BCUT2D eigenvalue weighted by Gasteiger charge is 2.31. The molecule has 1 saturated carbocycles. The minimum absolute atomic E-state index is 0.0609. The van der Waals surface area contributed by atoms with E-state index in [4.69, 9.17) is 36.3 Å². The van der Waals surface area contributed by atoms with E-state index < -0.39 is 5.82 Å². The molecular weight excluding hydrogens is 455 g/mol. The summed E-state index contributed by atoms with van der Waals surface area (Å²) in [6.07, 6.45) is 7.88. The molecular formula is C25H24ClFN6O. The molecule has 0 radical (unpaired) electrons. The number of aromatic nitrogens is 6. The fourth-order valence-corrected chi connectivity index (χ4v) is 4.76. The molecule has 2 aliphatic rings. The standard InChI is InChI=1S/C25H24ClFN6O/c1-13-14(2)30-25-23(29-13)22(19-6-3-17(27)10-20(19)26)31-24(32-25)15-7-8-34-21(9-15)16-11-28-33(12-16)18-4-5-18/h3,6,10-12,15,18,21H,4-5,7-9H2,1-2H3/t15-,21+/m0/s1. The Hall–Kier alpha value is -2.97. The second kappa shape index (κ2) is 8.36. The van der Waals surface area contributed by atoms with Crippen molar-refractivity contribution in [2.45, 2.75) is 57.6 Å². The fraction of sp³-hybridized carbons (Fsp3) is 0.400. The van der Waals surface area contributed by atoms with Crippen LogP contribution < -0.4 is 0 Å². The Balaban J connectivity index is 1.41. The SMILES string of the molecule is Cc1nc2nc([C@H]3CCO[C@@H](c4cnn(C5CC5)c4)C3)nc(-c3ccc(F)cc3Cl)c2nc1C. The number of aryl methyl sites for hydroxylation is 2. The normalized spacial score (nSPS) is 20.7. The third kappa shape index (κ3) is 3.95. The van der Waals surface area contributed by atoms with Gasteiger partial charge in [-0.25, -0.2) is 24.3 Å². The smallest absolute Gasteiger partial charge is 0.182 e. The van der Waals surface area contributed by atoms with E-state index in [1.165, 1.54) is 25.0 Å². The maximum absolute atomic E-state index is 13.8. The molecule has 4 heterocycles. The molecule has 34 heavy (non-hydrogen) atoms. The first-order valence-corrected chi connectivity index (χ1v) is 12.0. The quantitative estimate of drug-likeness (QED) is 0.376. The summed E-state index contributed by atoms with van der Waals surface area (Å²) in [5, 5.41) is 4.80.